The van der Waals surface area contributed by atoms with Crippen LogP contribution in [-0.4, -0.2) is 26.9 Å². The third-order valence-corrected chi connectivity index (χ3v) is 6.11. The summed E-state index contributed by atoms with van der Waals surface area (Å²) in [6, 6.07) is 6.15. The van der Waals surface area contributed by atoms with Gasteiger partial charge in [-0.3, -0.25) is 4.79 Å². The minimum absolute atomic E-state index is 0.0641. The summed E-state index contributed by atoms with van der Waals surface area (Å²) in [5.41, 5.74) is 0.469. The summed E-state index contributed by atoms with van der Waals surface area (Å²) in [6.45, 7) is 2.11. The van der Waals surface area contributed by atoms with Gasteiger partial charge in [0.15, 0.2) is 0 Å². The van der Waals surface area contributed by atoms with Crippen LogP contribution in [0.3, 0.4) is 0 Å². The van der Waals surface area contributed by atoms with Crippen LogP contribution in [-0.2, 0) is 10.0 Å². The van der Waals surface area contributed by atoms with Crippen molar-refractivity contribution in [2.24, 2.45) is 5.92 Å². The number of hydrogen-bond acceptors (Lipinski definition) is 3. The topological polar surface area (TPSA) is 75.3 Å². The van der Waals surface area contributed by atoms with Crippen LogP contribution >= 0.6 is 0 Å². The third kappa shape index (κ3) is 5.32. The number of terminal acetylenes is 1. The van der Waals surface area contributed by atoms with E-state index in [1.165, 1.54) is 43.5 Å². The molecule has 0 radical (unpaired) electrons. The van der Waals surface area contributed by atoms with Crippen LogP contribution in [0.15, 0.2) is 29.2 Å². The minimum atomic E-state index is -3.63. The molecule has 5 nitrogen and oxygen atoms in total. The second-order valence-corrected chi connectivity index (χ2v) is 8.23. The van der Waals surface area contributed by atoms with Gasteiger partial charge in [0, 0.05) is 11.6 Å². The largest absolute Gasteiger partial charge is 0.349 e. The predicted molar refractivity (Wildman–Crippen MR) is 98.6 cm³/mol. The number of carbonyl (C=O) groups excluding carboxylic acids is 1. The van der Waals surface area contributed by atoms with Gasteiger partial charge in [0.2, 0.25) is 10.0 Å². The summed E-state index contributed by atoms with van der Waals surface area (Å²) >= 11 is 0. The van der Waals surface area contributed by atoms with Gasteiger partial charge in [-0.15, -0.1) is 6.42 Å². The predicted octanol–water partition coefficient (Wildman–Crippen LogP) is 2.69. The Morgan fingerprint density at radius 3 is 2.64 bits per heavy atom. The Hall–Kier alpha value is -1.84. The van der Waals surface area contributed by atoms with Gasteiger partial charge >= 0.3 is 0 Å². The van der Waals surface area contributed by atoms with E-state index in [4.69, 9.17) is 6.42 Å². The van der Waals surface area contributed by atoms with Crippen molar-refractivity contribution < 1.29 is 13.2 Å². The van der Waals surface area contributed by atoms with Crippen molar-refractivity contribution in [1.82, 2.24) is 10.0 Å². The lowest BCUT2D eigenvalue weighted by Crippen LogP contribution is -2.37. The van der Waals surface area contributed by atoms with E-state index in [2.05, 4.69) is 22.9 Å². The van der Waals surface area contributed by atoms with Crippen LogP contribution in [0.2, 0.25) is 0 Å². The average Bonchev–Trinajstić information content (AvgIpc) is 3.05. The summed E-state index contributed by atoms with van der Waals surface area (Å²) in [4.78, 5) is 12.5. The second kappa shape index (κ2) is 9.02. The molecule has 1 aliphatic rings. The van der Waals surface area contributed by atoms with E-state index in [-0.39, 0.29) is 23.4 Å². The van der Waals surface area contributed by atoms with Crippen molar-refractivity contribution in [1.29, 1.82) is 0 Å². The van der Waals surface area contributed by atoms with Gasteiger partial charge in [-0.05, 0) is 49.4 Å². The molecule has 2 unspecified atom stereocenters. The monoisotopic (exact) mass is 362 g/mol. The number of unbranched alkanes of at least 4 members (excludes halogenated alkanes) is 1. The minimum Gasteiger partial charge on any atom is -0.349 e. The average molecular weight is 362 g/mol. The molecule has 1 aromatic rings. The number of rotatable bonds is 8. The molecule has 1 fully saturated rings. The highest BCUT2D eigenvalue weighted by Crippen LogP contribution is 2.30. The van der Waals surface area contributed by atoms with Crippen LogP contribution in [0, 0.1) is 18.3 Å². The zero-order valence-corrected chi connectivity index (χ0v) is 15.4. The Morgan fingerprint density at radius 1 is 1.28 bits per heavy atom. The molecule has 1 aliphatic carbocycles. The fraction of sp³-hybridized carbons (Fsp3) is 0.526. The van der Waals surface area contributed by atoms with Crippen molar-refractivity contribution in [2.45, 2.75) is 56.4 Å². The standard InChI is InChI=1S/C19H26N2O3S/c1-3-5-7-15-8-6-9-18(15)21-19(22)16-10-12-17(13-11-16)25(23,24)20-14-4-2/h2,10-13,15,18,20H,3,5-9,14H2,1H3,(H,21,22). The van der Waals surface area contributed by atoms with Crippen LogP contribution in [0.5, 0.6) is 0 Å². The molecule has 6 heteroatoms. The summed E-state index contributed by atoms with van der Waals surface area (Å²) < 4.78 is 26.3. The van der Waals surface area contributed by atoms with Gasteiger partial charge in [0.1, 0.15) is 0 Å². The first-order chi connectivity index (χ1) is 12.0. The van der Waals surface area contributed by atoms with E-state index in [0.29, 0.717) is 11.5 Å². The molecule has 1 amide bonds. The summed E-state index contributed by atoms with van der Waals surface area (Å²) in [5.74, 6) is 2.64. The summed E-state index contributed by atoms with van der Waals surface area (Å²) in [6.07, 6.45) is 11.9. The molecule has 2 N–H and O–H groups in total. The molecule has 1 aromatic carbocycles. The van der Waals surface area contributed by atoms with Crippen molar-refractivity contribution in [3.63, 3.8) is 0 Å². The number of nitrogens with one attached hydrogen (secondary N) is 2. The number of carbonyl (C=O) groups is 1. The van der Waals surface area contributed by atoms with E-state index >= 15 is 0 Å². The molecule has 136 valence electrons. The lowest BCUT2D eigenvalue weighted by atomic mass is 9.96. The smallest absolute Gasteiger partial charge is 0.251 e. The number of benzene rings is 1. The second-order valence-electron chi connectivity index (χ2n) is 6.47. The fourth-order valence-corrected chi connectivity index (χ4v) is 4.23. The molecule has 0 heterocycles. The third-order valence-electron chi connectivity index (χ3n) is 4.70. The lowest BCUT2D eigenvalue weighted by Gasteiger charge is -2.21. The van der Waals surface area contributed by atoms with Gasteiger partial charge in [0.05, 0.1) is 11.4 Å². The van der Waals surface area contributed by atoms with Crippen molar-refractivity contribution in [3.8, 4) is 12.3 Å². The molecule has 0 spiro atoms. The highest BCUT2D eigenvalue weighted by atomic mass is 32.2. The van der Waals surface area contributed by atoms with Crippen LogP contribution in [0.4, 0.5) is 0 Å². The number of hydrogen-bond donors (Lipinski definition) is 2. The van der Waals surface area contributed by atoms with E-state index in [1.54, 1.807) is 0 Å². The number of amides is 1. The van der Waals surface area contributed by atoms with Crippen LogP contribution in [0.25, 0.3) is 0 Å². The van der Waals surface area contributed by atoms with Crippen molar-refractivity contribution in [2.75, 3.05) is 6.54 Å². The molecule has 0 bridgehead atoms. The Labute approximate surface area is 150 Å². The molecular weight excluding hydrogens is 336 g/mol. The van der Waals surface area contributed by atoms with Gasteiger partial charge < -0.3 is 5.32 Å². The highest BCUT2D eigenvalue weighted by Gasteiger charge is 2.28. The first-order valence-electron chi connectivity index (χ1n) is 8.82. The molecular formula is C19H26N2O3S. The maximum Gasteiger partial charge on any atom is 0.251 e. The summed E-state index contributed by atoms with van der Waals surface area (Å²) in [5, 5.41) is 3.12. The van der Waals surface area contributed by atoms with Gasteiger partial charge in [-0.1, -0.05) is 32.1 Å². The lowest BCUT2D eigenvalue weighted by molar-refractivity contribution is 0.0926. The Bertz CT molecular complexity index is 720. The van der Waals surface area contributed by atoms with Crippen LogP contribution < -0.4 is 10.0 Å². The zero-order valence-electron chi connectivity index (χ0n) is 14.6. The molecule has 1 saturated carbocycles. The maximum atomic E-state index is 12.5. The number of sulfonamides is 1. The molecule has 0 aromatic heterocycles. The van der Waals surface area contributed by atoms with Gasteiger partial charge in [0.25, 0.3) is 5.91 Å². The molecule has 0 aliphatic heterocycles. The molecule has 0 saturated heterocycles. The molecule has 25 heavy (non-hydrogen) atoms. The SMILES string of the molecule is C#CCNS(=O)(=O)c1ccc(C(=O)NC2CCCC2CCCC)cc1. The van der Waals surface area contributed by atoms with E-state index in [9.17, 15) is 13.2 Å². The first kappa shape index (κ1) is 19.5. The highest BCUT2D eigenvalue weighted by molar-refractivity contribution is 7.89. The van der Waals surface area contributed by atoms with E-state index in [0.717, 1.165) is 19.3 Å². The fourth-order valence-electron chi connectivity index (χ4n) is 3.30. The maximum absolute atomic E-state index is 12.5. The zero-order chi connectivity index (χ0) is 18.3. The Morgan fingerprint density at radius 2 is 2.00 bits per heavy atom. The Kier molecular flexibility index (Phi) is 7.03. The van der Waals surface area contributed by atoms with Gasteiger partial charge in [-0.2, -0.15) is 4.72 Å². The van der Waals surface area contributed by atoms with E-state index in [1.807, 2.05) is 0 Å². The summed E-state index contributed by atoms with van der Waals surface area (Å²) in [7, 11) is -3.63. The normalized spacial score (nSPS) is 20.2. The van der Waals surface area contributed by atoms with Crippen molar-refractivity contribution in [3.05, 3.63) is 29.8 Å². The van der Waals surface area contributed by atoms with Crippen LogP contribution in [0.1, 0.15) is 55.8 Å². The Balaban J connectivity index is 2.00. The quantitative estimate of drug-likeness (QED) is 0.698. The molecule has 2 rings (SSSR count). The van der Waals surface area contributed by atoms with Gasteiger partial charge in [-0.25, -0.2) is 8.42 Å². The van der Waals surface area contributed by atoms with Crippen molar-refractivity contribution >= 4 is 15.9 Å². The van der Waals surface area contributed by atoms with E-state index < -0.39 is 10.0 Å². The first-order valence-corrected chi connectivity index (χ1v) is 10.3. The molecule has 2 atom stereocenters.